The van der Waals surface area contributed by atoms with Crippen LogP contribution in [-0.2, 0) is 0 Å². The molecule has 0 atom stereocenters. The fraction of sp³-hybridized carbons (Fsp3) is 0.105. The predicted octanol–water partition coefficient (Wildman–Crippen LogP) is 4.74. The quantitative estimate of drug-likeness (QED) is 0.504. The average molecular weight is 368 g/mol. The molecule has 0 fully saturated rings. The Balaban J connectivity index is 1.82. The SMILES string of the molecule is CCSc1ccc(NC(=O)c2ccccc2C(=O)c2cccs2)cn1. The van der Waals surface area contributed by atoms with Gasteiger partial charge in [-0.15, -0.1) is 23.1 Å². The van der Waals surface area contributed by atoms with E-state index in [1.54, 1.807) is 48.3 Å². The highest BCUT2D eigenvalue weighted by molar-refractivity contribution is 7.99. The van der Waals surface area contributed by atoms with E-state index in [1.165, 1.54) is 11.3 Å². The van der Waals surface area contributed by atoms with Crippen molar-refractivity contribution in [3.05, 3.63) is 76.1 Å². The number of pyridine rings is 1. The summed E-state index contributed by atoms with van der Waals surface area (Å²) in [7, 11) is 0. The van der Waals surface area contributed by atoms with Crippen LogP contribution in [0.4, 0.5) is 5.69 Å². The maximum atomic E-state index is 12.6. The van der Waals surface area contributed by atoms with Crippen LogP contribution in [0.5, 0.6) is 0 Å². The molecule has 2 aromatic heterocycles. The number of ketones is 1. The third-order valence-electron chi connectivity index (χ3n) is 3.45. The van der Waals surface area contributed by atoms with E-state index in [0.717, 1.165) is 10.8 Å². The van der Waals surface area contributed by atoms with Gasteiger partial charge in [-0.25, -0.2) is 4.98 Å². The molecule has 1 aromatic carbocycles. The van der Waals surface area contributed by atoms with Gasteiger partial charge in [0.1, 0.15) is 0 Å². The molecule has 0 radical (unpaired) electrons. The molecule has 0 saturated carbocycles. The van der Waals surface area contributed by atoms with Crippen molar-refractivity contribution >= 4 is 40.5 Å². The van der Waals surface area contributed by atoms with E-state index in [1.807, 2.05) is 23.6 Å². The van der Waals surface area contributed by atoms with E-state index in [4.69, 9.17) is 0 Å². The number of nitrogens with zero attached hydrogens (tertiary/aromatic N) is 1. The maximum Gasteiger partial charge on any atom is 0.256 e. The van der Waals surface area contributed by atoms with E-state index < -0.39 is 0 Å². The molecule has 6 heteroatoms. The molecule has 0 aliphatic carbocycles. The van der Waals surface area contributed by atoms with E-state index in [2.05, 4.69) is 17.2 Å². The summed E-state index contributed by atoms with van der Waals surface area (Å²) in [5, 5.41) is 5.56. The lowest BCUT2D eigenvalue weighted by atomic mass is 10.0. The number of thiophene rings is 1. The number of carbonyl (C=O) groups is 2. The first-order valence-corrected chi connectivity index (χ1v) is 9.63. The van der Waals surface area contributed by atoms with Gasteiger partial charge in [-0.1, -0.05) is 31.2 Å². The van der Waals surface area contributed by atoms with Gasteiger partial charge in [0.15, 0.2) is 0 Å². The van der Waals surface area contributed by atoms with Gasteiger partial charge in [0.2, 0.25) is 5.78 Å². The topological polar surface area (TPSA) is 59.1 Å². The maximum absolute atomic E-state index is 12.6. The second kappa shape index (κ2) is 8.09. The second-order valence-electron chi connectivity index (χ2n) is 5.12. The van der Waals surface area contributed by atoms with E-state index >= 15 is 0 Å². The van der Waals surface area contributed by atoms with Crippen molar-refractivity contribution in [2.45, 2.75) is 11.9 Å². The van der Waals surface area contributed by atoms with Gasteiger partial charge >= 0.3 is 0 Å². The van der Waals surface area contributed by atoms with Crippen LogP contribution in [0.15, 0.2) is 65.1 Å². The van der Waals surface area contributed by atoms with Gasteiger partial charge < -0.3 is 5.32 Å². The molecular formula is C19H16N2O2S2. The summed E-state index contributed by atoms with van der Waals surface area (Å²) in [5.74, 6) is 0.475. The lowest BCUT2D eigenvalue weighted by molar-refractivity contribution is 0.0997. The Morgan fingerprint density at radius 3 is 2.52 bits per heavy atom. The molecule has 0 aliphatic heterocycles. The first kappa shape index (κ1) is 17.4. The molecule has 3 rings (SSSR count). The summed E-state index contributed by atoms with van der Waals surface area (Å²) in [6, 6.07) is 14.1. The summed E-state index contributed by atoms with van der Waals surface area (Å²) in [5.41, 5.74) is 1.35. The fourth-order valence-corrected chi connectivity index (χ4v) is 3.57. The summed E-state index contributed by atoms with van der Waals surface area (Å²) in [6.07, 6.45) is 1.62. The van der Waals surface area contributed by atoms with Crippen molar-refractivity contribution in [2.75, 3.05) is 11.1 Å². The van der Waals surface area contributed by atoms with Crippen molar-refractivity contribution in [1.29, 1.82) is 0 Å². The number of nitrogens with one attached hydrogen (secondary N) is 1. The minimum absolute atomic E-state index is 0.145. The van der Waals surface area contributed by atoms with Crippen molar-refractivity contribution in [3.8, 4) is 0 Å². The Morgan fingerprint density at radius 1 is 1.08 bits per heavy atom. The smallest absolute Gasteiger partial charge is 0.256 e. The zero-order valence-electron chi connectivity index (χ0n) is 13.6. The van der Waals surface area contributed by atoms with Crippen LogP contribution in [0, 0.1) is 0 Å². The first-order valence-electron chi connectivity index (χ1n) is 7.76. The Morgan fingerprint density at radius 2 is 1.88 bits per heavy atom. The van der Waals surface area contributed by atoms with Crippen molar-refractivity contribution in [2.24, 2.45) is 0 Å². The highest BCUT2D eigenvalue weighted by atomic mass is 32.2. The van der Waals surface area contributed by atoms with E-state index in [-0.39, 0.29) is 11.7 Å². The molecule has 0 aliphatic rings. The molecule has 0 spiro atoms. The molecule has 126 valence electrons. The molecule has 3 aromatic rings. The minimum atomic E-state index is -0.321. The molecule has 25 heavy (non-hydrogen) atoms. The predicted molar refractivity (Wildman–Crippen MR) is 103 cm³/mol. The lowest BCUT2D eigenvalue weighted by Crippen LogP contribution is -2.16. The van der Waals surface area contributed by atoms with Crippen molar-refractivity contribution in [3.63, 3.8) is 0 Å². The van der Waals surface area contributed by atoms with Gasteiger partial charge in [-0.3, -0.25) is 9.59 Å². The third-order valence-corrected chi connectivity index (χ3v) is 5.14. The third kappa shape index (κ3) is 4.15. The fourth-order valence-electron chi connectivity index (χ4n) is 2.31. The summed E-state index contributed by atoms with van der Waals surface area (Å²) >= 11 is 3.00. The number of aromatic nitrogens is 1. The van der Waals surface area contributed by atoms with Crippen LogP contribution in [0.1, 0.15) is 32.5 Å². The number of hydrogen-bond donors (Lipinski definition) is 1. The lowest BCUT2D eigenvalue weighted by Gasteiger charge is -2.09. The number of thioether (sulfide) groups is 1. The number of hydrogen-bond acceptors (Lipinski definition) is 5. The van der Waals surface area contributed by atoms with Crippen LogP contribution in [0.3, 0.4) is 0 Å². The second-order valence-corrected chi connectivity index (χ2v) is 7.36. The average Bonchev–Trinajstić information content (AvgIpc) is 3.17. The van der Waals surface area contributed by atoms with Crippen LogP contribution in [0.25, 0.3) is 0 Å². The van der Waals surface area contributed by atoms with Gasteiger partial charge in [-0.2, -0.15) is 0 Å². The van der Waals surface area contributed by atoms with Crippen molar-refractivity contribution < 1.29 is 9.59 Å². The Labute approximate surface area is 154 Å². The molecule has 1 amide bonds. The number of rotatable bonds is 6. The molecule has 0 saturated heterocycles. The molecule has 0 bridgehead atoms. The molecule has 0 unspecified atom stereocenters. The van der Waals surface area contributed by atoms with Crippen LogP contribution >= 0.6 is 23.1 Å². The zero-order valence-corrected chi connectivity index (χ0v) is 15.2. The summed E-state index contributed by atoms with van der Waals surface area (Å²) in [6.45, 7) is 2.06. The highest BCUT2D eigenvalue weighted by Gasteiger charge is 2.18. The Kier molecular flexibility index (Phi) is 5.63. The zero-order chi connectivity index (χ0) is 17.6. The molecular weight excluding hydrogens is 352 g/mol. The van der Waals surface area contributed by atoms with Crippen LogP contribution in [0.2, 0.25) is 0 Å². The first-order chi connectivity index (χ1) is 12.2. The Hall–Kier alpha value is -2.44. The van der Waals surface area contributed by atoms with Crippen LogP contribution < -0.4 is 5.32 Å². The van der Waals surface area contributed by atoms with Gasteiger partial charge in [0.05, 0.1) is 27.4 Å². The standard InChI is InChI=1S/C19H16N2O2S2/c1-2-24-17-10-9-13(12-20-17)21-19(23)15-7-4-3-6-14(15)18(22)16-8-5-11-25-16/h3-12H,2H2,1H3,(H,21,23). The summed E-state index contributed by atoms with van der Waals surface area (Å²) in [4.78, 5) is 30.2. The normalized spacial score (nSPS) is 10.4. The van der Waals surface area contributed by atoms with Gasteiger partial charge in [-0.05, 0) is 35.4 Å². The number of anilines is 1. The number of carbonyl (C=O) groups excluding carboxylic acids is 2. The van der Waals surface area contributed by atoms with E-state index in [0.29, 0.717) is 21.7 Å². The highest BCUT2D eigenvalue weighted by Crippen LogP contribution is 2.20. The molecule has 2 heterocycles. The summed E-state index contributed by atoms with van der Waals surface area (Å²) < 4.78 is 0. The van der Waals surface area contributed by atoms with Gasteiger partial charge in [0.25, 0.3) is 5.91 Å². The van der Waals surface area contributed by atoms with Gasteiger partial charge in [0, 0.05) is 5.56 Å². The largest absolute Gasteiger partial charge is 0.321 e. The number of amides is 1. The monoisotopic (exact) mass is 368 g/mol. The minimum Gasteiger partial charge on any atom is -0.321 e. The molecule has 1 N–H and O–H groups in total. The van der Waals surface area contributed by atoms with E-state index in [9.17, 15) is 9.59 Å². The van der Waals surface area contributed by atoms with Crippen LogP contribution in [-0.4, -0.2) is 22.4 Å². The Bertz CT molecular complexity index is 875. The molecule has 4 nitrogen and oxygen atoms in total. The number of benzene rings is 1. The van der Waals surface area contributed by atoms with Crippen molar-refractivity contribution in [1.82, 2.24) is 4.98 Å².